The second-order valence-corrected chi connectivity index (χ2v) is 9.56. The van der Waals surface area contributed by atoms with E-state index in [-0.39, 0.29) is 5.91 Å². The summed E-state index contributed by atoms with van der Waals surface area (Å²) in [6, 6.07) is 25.5. The van der Waals surface area contributed by atoms with Gasteiger partial charge in [-0.25, -0.2) is 4.99 Å². The molecule has 0 N–H and O–H groups in total. The van der Waals surface area contributed by atoms with Crippen molar-refractivity contribution in [1.82, 2.24) is 4.90 Å². The normalized spacial score (nSPS) is 19.4. The fourth-order valence-electron chi connectivity index (χ4n) is 3.48. The predicted molar refractivity (Wildman–Crippen MR) is 131 cm³/mol. The topological polar surface area (TPSA) is 35.9 Å². The van der Waals surface area contributed by atoms with Crippen molar-refractivity contribution in [2.45, 2.75) is 11.4 Å². The zero-order valence-electron chi connectivity index (χ0n) is 16.7. The molecule has 0 aromatic heterocycles. The molecule has 5 rings (SSSR count). The fraction of sp³-hybridized carbons (Fsp3) is 0.0833. The number of hydrogen-bond acceptors (Lipinski definition) is 5. The maximum atomic E-state index is 13.6. The van der Waals surface area contributed by atoms with Gasteiger partial charge in [-0.3, -0.25) is 9.69 Å². The molecule has 2 aliphatic rings. The number of thioether (sulfide) groups is 2. The van der Waals surface area contributed by atoms with Crippen molar-refractivity contribution < 1.29 is 4.79 Å². The Bertz CT molecular complexity index is 1230. The zero-order chi connectivity index (χ0) is 21.4. The number of aliphatic imine (C=N–C) groups is 1. The summed E-state index contributed by atoms with van der Waals surface area (Å²) in [6.07, 6.45) is 0. The SMILES string of the molecule is CN1/C(=C2/S/C(=N/c3cccc(Cl)c3)N(Cc3ccccc3)C2=O)Sc2ccccc21. The van der Waals surface area contributed by atoms with Crippen LogP contribution in [0.15, 0.2) is 98.7 Å². The van der Waals surface area contributed by atoms with Crippen molar-refractivity contribution in [3.8, 4) is 0 Å². The monoisotopic (exact) mass is 463 g/mol. The van der Waals surface area contributed by atoms with E-state index in [9.17, 15) is 4.79 Å². The Balaban J connectivity index is 1.56. The van der Waals surface area contributed by atoms with Crippen LogP contribution in [0.5, 0.6) is 0 Å². The Labute approximate surface area is 194 Å². The van der Waals surface area contributed by atoms with Crippen LogP contribution in [0.3, 0.4) is 0 Å². The number of amidine groups is 1. The minimum atomic E-state index is -0.0308. The number of benzene rings is 3. The van der Waals surface area contributed by atoms with Crippen LogP contribution in [0.25, 0.3) is 0 Å². The summed E-state index contributed by atoms with van der Waals surface area (Å²) in [6.45, 7) is 0.462. The van der Waals surface area contributed by atoms with E-state index < -0.39 is 0 Å². The third-order valence-electron chi connectivity index (χ3n) is 5.01. The number of carbonyl (C=O) groups is 1. The molecule has 0 radical (unpaired) electrons. The lowest BCUT2D eigenvalue weighted by molar-refractivity contribution is -0.122. The second-order valence-electron chi connectivity index (χ2n) is 7.12. The molecule has 0 aliphatic carbocycles. The van der Waals surface area contributed by atoms with Crippen molar-refractivity contribution in [3.63, 3.8) is 0 Å². The molecule has 0 spiro atoms. The highest BCUT2D eigenvalue weighted by molar-refractivity contribution is 8.19. The minimum Gasteiger partial charge on any atom is -0.337 e. The molecule has 7 heteroatoms. The molecule has 3 aromatic rings. The molecule has 4 nitrogen and oxygen atoms in total. The van der Waals surface area contributed by atoms with Crippen LogP contribution in [0.2, 0.25) is 5.02 Å². The van der Waals surface area contributed by atoms with Gasteiger partial charge >= 0.3 is 0 Å². The number of nitrogens with zero attached hydrogens (tertiary/aromatic N) is 3. The first-order valence-corrected chi connectivity index (χ1v) is 11.7. The lowest BCUT2D eigenvalue weighted by atomic mass is 10.2. The molecule has 31 heavy (non-hydrogen) atoms. The van der Waals surface area contributed by atoms with Crippen LogP contribution >= 0.6 is 35.1 Å². The van der Waals surface area contributed by atoms with E-state index in [1.165, 1.54) is 11.8 Å². The van der Waals surface area contributed by atoms with Crippen LogP contribution in [-0.2, 0) is 11.3 Å². The van der Waals surface area contributed by atoms with Crippen LogP contribution in [0.4, 0.5) is 11.4 Å². The summed E-state index contributed by atoms with van der Waals surface area (Å²) in [5, 5.41) is 2.21. The first-order valence-electron chi connectivity index (χ1n) is 9.73. The minimum absolute atomic E-state index is 0.0308. The smallest absolute Gasteiger partial charge is 0.269 e. The van der Waals surface area contributed by atoms with Gasteiger partial charge in [0.2, 0.25) is 0 Å². The van der Waals surface area contributed by atoms with E-state index in [1.54, 1.807) is 22.7 Å². The van der Waals surface area contributed by atoms with Crippen molar-refractivity contribution in [2.75, 3.05) is 11.9 Å². The number of anilines is 1. The van der Waals surface area contributed by atoms with Gasteiger partial charge in [-0.2, -0.15) is 0 Å². The number of halogens is 1. The largest absolute Gasteiger partial charge is 0.337 e. The van der Waals surface area contributed by atoms with Crippen LogP contribution in [-0.4, -0.2) is 23.0 Å². The molecule has 0 atom stereocenters. The van der Waals surface area contributed by atoms with E-state index in [2.05, 4.69) is 17.0 Å². The van der Waals surface area contributed by atoms with Gasteiger partial charge < -0.3 is 4.90 Å². The van der Waals surface area contributed by atoms with E-state index in [1.807, 2.05) is 67.7 Å². The molecule has 2 aliphatic heterocycles. The van der Waals surface area contributed by atoms with Crippen molar-refractivity contribution in [3.05, 3.63) is 99.4 Å². The zero-order valence-corrected chi connectivity index (χ0v) is 19.0. The Morgan fingerprint density at radius 2 is 1.71 bits per heavy atom. The van der Waals surface area contributed by atoms with Crippen molar-refractivity contribution >= 4 is 57.6 Å². The van der Waals surface area contributed by atoms with E-state index in [4.69, 9.17) is 16.6 Å². The summed E-state index contributed by atoms with van der Waals surface area (Å²) in [5.74, 6) is -0.0308. The average molecular weight is 464 g/mol. The molecule has 0 bridgehead atoms. The molecule has 1 fully saturated rings. The maximum absolute atomic E-state index is 13.6. The number of fused-ring (bicyclic) bond motifs is 1. The highest BCUT2D eigenvalue weighted by atomic mass is 35.5. The highest BCUT2D eigenvalue weighted by Gasteiger charge is 2.39. The summed E-state index contributed by atoms with van der Waals surface area (Å²) in [7, 11) is 2.00. The fourth-order valence-corrected chi connectivity index (χ4v) is 6.01. The van der Waals surface area contributed by atoms with Crippen LogP contribution in [0.1, 0.15) is 5.56 Å². The van der Waals surface area contributed by atoms with Crippen LogP contribution < -0.4 is 4.90 Å². The lowest BCUT2D eigenvalue weighted by Gasteiger charge is -2.16. The molecule has 1 saturated heterocycles. The van der Waals surface area contributed by atoms with Crippen molar-refractivity contribution in [2.24, 2.45) is 4.99 Å². The summed E-state index contributed by atoms with van der Waals surface area (Å²) in [5.41, 5.74) is 2.89. The number of para-hydroxylation sites is 1. The van der Waals surface area contributed by atoms with E-state index >= 15 is 0 Å². The average Bonchev–Trinajstić information content (AvgIpc) is 3.26. The van der Waals surface area contributed by atoms with E-state index in [0.29, 0.717) is 21.6 Å². The first-order chi connectivity index (χ1) is 15.1. The van der Waals surface area contributed by atoms with Gasteiger partial charge in [0.25, 0.3) is 5.91 Å². The molecular weight excluding hydrogens is 446 g/mol. The molecule has 2 heterocycles. The number of carbonyl (C=O) groups excluding carboxylic acids is 1. The summed E-state index contributed by atoms with van der Waals surface area (Å²) in [4.78, 5) is 24.0. The van der Waals surface area contributed by atoms with Gasteiger partial charge in [0, 0.05) is 17.0 Å². The lowest BCUT2D eigenvalue weighted by Crippen LogP contribution is -2.29. The van der Waals surface area contributed by atoms with Gasteiger partial charge in [0.15, 0.2) is 5.17 Å². The maximum Gasteiger partial charge on any atom is 0.269 e. The quantitative estimate of drug-likeness (QED) is 0.414. The number of rotatable bonds is 3. The third kappa shape index (κ3) is 3.99. The summed E-state index contributed by atoms with van der Waals surface area (Å²) < 4.78 is 0. The van der Waals surface area contributed by atoms with Crippen LogP contribution in [0, 0.1) is 0 Å². The standard InChI is InChI=1S/C24H18ClN3OS2/c1-27-19-12-5-6-13-20(19)30-23(27)21-22(29)28(15-16-8-3-2-4-9-16)24(31-21)26-18-11-7-10-17(25)14-18/h2-14H,15H2,1H3/b23-21-,26-24+. The summed E-state index contributed by atoms with van der Waals surface area (Å²) >= 11 is 9.20. The van der Waals surface area contributed by atoms with Gasteiger partial charge in [0.05, 0.1) is 22.9 Å². The molecular formula is C24H18ClN3OS2. The first kappa shape index (κ1) is 20.2. The van der Waals surface area contributed by atoms with Crippen molar-refractivity contribution in [1.29, 1.82) is 0 Å². The Morgan fingerprint density at radius 3 is 2.48 bits per heavy atom. The number of amides is 1. The highest BCUT2D eigenvalue weighted by Crippen LogP contribution is 2.50. The van der Waals surface area contributed by atoms with Gasteiger partial charge in [-0.1, -0.05) is 71.9 Å². The Morgan fingerprint density at radius 1 is 0.935 bits per heavy atom. The van der Waals surface area contributed by atoms with Gasteiger partial charge in [0.1, 0.15) is 4.91 Å². The van der Waals surface area contributed by atoms with E-state index in [0.717, 1.165) is 26.9 Å². The Kier molecular flexibility index (Phi) is 5.52. The Hall–Kier alpha value is -2.67. The van der Waals surface area contributed by atoms with Gasteiger partial charge in [-0.05, 0) is 47.7 Å². The van der Waals surface area contributed by atoms with Gasteiger partial charge in [-0.15, -0.1) is 0 Å². The predicted octanol–water partition coefficient (Wildman–Crippen LogP) is 6.51. The molecule has 0 saturated carbocycles. The molecule has 3 aromatic carbocycles. The molecule has 154 valence electrons. The second kappa shape index (κ2) is 8.46. The third-order valence-corrected chi connectivity index (χ3v) is 7.68. The molecule has 0 unspecified atom stereocenters. The number of hydrogen-bond donors (Lipinski definition) is 0. The molecule has 1 amide bonds.